The molecule has 90 valence electrons. The summed E-state index contributed by atoms with van der Waals surface area (Å²) >= 11 is 0. The van der Waals surface area contributed by atoms with Crippen molar-refractivity contribution in [3.05, 3.63) is 0 Å². The maximum Gasteiger partial charge on any atom is 0.139 e. The molecule has 5 N–H and O–H groups in total. The van der Waals surface area contributed by atoms with Crippen molar-refractivity contribution in [2.24, 2.45) is 16.8 Å². The molecule has 0 spiro atoms. The van der Waals surface area contributed by atoms with Crippen LogP contribution in [0.4, 0.5) is 0 Å². The minimum atomic E-state index is 0.254. The van der Waals surface area contributed by atoms with Gasteiger partial charge in [0.2, 0.25) is 0 Å². The van der Waals surface area contributed by atoms with Crippen LogP contribution >= 0.6 is 0 Å². The van der Waals surface area contributed by atoms with Gasteiger partial charge in [-0.05, 0) is 31.8 Å². The van der Waals surface area contributed by atoms with Gasteiger partial charge in [-0.3, -0.25) is 0 Å². The van der Waals surface area contributed by atoms with E-state index in [1.54, 1.807) is 0 Å². The number of amidine groups is 1. The number of hydrogen-bond donors (Lipinski definition) is 4. The first-order valence-corrected chi connectivity index (χ1v) is 5.52. The van der Waals surface area contributed by atoms with Crippen molar-refractivity contribution >= 4 is 5.84 Å². The average molecular weight is 217 g/mol. The molecule has 5 nitrogen and oxygen atoms in total. The van der Waals surface area contributed by atoms with E-state index in [4.69, 9.17) is 16.0 Å². The van der Waals surface area contributed by atoms with Crippen LogP contribution in [0.15, 0.2) is 5.16 Å². The average Bonchev–Trinajstić information content (AvgIpc) is 2.26. The maximum absolute atomic E-state index is 8.79. The van der Waals surface area contributed by atoms with Gasteiger partial charge in [0.25, 0.3) is 0 Å². The van der Waals surface area contributed by atoms with Crippen LogP contribution in [0.2, 0.25) is 0 Å². The lowest BCUT2D eigenvalue weighted by atomic mass is 10.0. The number of rotatable bonds is 9. The lowest BCUT2D eigenvalue weighted by molar-refractivity contribution is 0.251. The summed E-state index contributed by atoms with van der Waals surface area (Å²) < 4.78 is 0. The van der Waals surface area contributed by atoms with E-state index in [-0.39, 0.29) is 12.4 Å². The molecule has 0 rings (SSSR count). The summed E-state index contributed by atoms with van der Waals surface area (Å²) in [5.74, 6) is 0.818. The zero-order chi connectivity index (χ0) is 11.5. The Bertz CT molecular complexity index is 174. The van der Waals surface area contributed by atoms with Gasteiger partial charge < -0.3 is 21.4 Å². The fourth-order valence-electron chi connectivity index (χ4n) is 1.38. The van der Waals surface area contributed by atoms with E-state index in [0.717, 1.165) is 32.4 Å². The molecule has 0 heterocycles. The van der Waals surface area contributed by atoms with Crippen molar-refractivity contribution in [2.45, 2.75) is 32.6 Å². The van der Waals surface area contributed by atoms with Gasteiger partial charge in [0.15, 0.2) is 0 Å². The number of hydrogen-bond acceptors (Lipinski definition) is 4. The highest BCUT2D eigenvalue weighted by atomic mass is 16.4. The van der Waals surface area contributed by atoms with Crippen LogP contribution in [-0.2, 0) is 0 Å². The second kappa shape index (κ2) is 9.73. The van der Waals surface area contributed by atoms with E-state index >= 15 is 0 Å². The Labute approximate surface area is 91.4 Å². The van der Waals surface area contributed by atoms with Crippen LogP contribution in [0.1, 0.15) is 32.6 Å². The van der Waals surface area contributed by atoms with Gasteiger partial charge in [0, 0.05) is 13.0 Å². The highest BCUT2D eigenvalue weighted by molar-refractivity contribution is 5.79. The largest absolute Gasteiger partial charge is 0.409 e. The van der Waals surface area contributed by atoms with Gasteiger partial charge in [-0.1, -0.05) is 18.5 Å². The predicted molar refractivity (Wildman–Crippen MR) is 61.0 cm³/mol. The third kappa shape index (κ3) is 8.20. The SMILES string of the molecule is CCC(CCO)CNCCCC(N)=NO. The number of nitrogens with zero attached hydrogens (tertiary/aromatic N) is 1. The zero-order valence-corrected chi connectivity index (χ0v) is 9.45. The molecule has 1 atom stereocenters. The van der Waals surface area contributed by atoms with Crippen LogP contribution in [0.5, 0.6) is 0 Å². The molecule has 5 heteroatoms. The normalized spacial score (nSPS) is 14.1. The van der Waals surface area contributed by atoms with E-state index in [0.29, 0.717) is 12.3 Å². The van der Waals surface area contributed by atoms with Crippen molar-refractivity contribution in [1.29, 1.82) is 0 Å². The third-order valence-corrected chi connectivity index (χ3v) is 2.46. The Morgan fingerprint density at radius 1 is 1.53 bits per heavy atom. The number of aliphatic hydroxyl groups excluding tert-OH is 1. The molecule has 0 aromatic rings. The molecule has 0 bridgehead atoms. The monoisotopic (exact) mass is 217 g/mol. The summed E-state index contributed by atoms with van der Waals surface area (Å²) in [6, 6.07) is 0. The third-order valence-electron chi connectivity index (χ3n) is 2.46. The summed E-state index contributed by atoms with van der Waals surface area (Å²) in [7, 11) is 0. The van der Waals surface area contributed by atoms with E-state index in [2.05, 4.69) is 17.4 Å². The fraction of sp³-hybridized carbons (Fsp3) is 0.900. The quantitative estimate of drug-likeness (QED) is 0.149. The standard InChI is InChI=1S/C10H23N3O2/c1-2-9(5-7-14)8-12-6-3-4-10(11)13-15/h9,12,14-15H,2-8H2,1H3,(H2,11,13). The van der Waals surface area contributed by atoms with E-state index < -0.39 is 0 Å². The fourth-order valence-corrected chi connectivity index (χ4v) is 1.38. The number of nitrogens with two attached hydrogens (primary N) is 1. The molecule has 0 radical (unpaired) electrons. The summed E-state index contributed by atoms with van der Waals surface area (Å²) in [4.78, 5) is 0. The molecule has 0 aromatic heterocycles. The molecular weight excluding hydrogens is 194 g/mol. The van der Waals surface area contributed by atoms with Crippen molar-refractivity contribution in [3.63, 3.8) is 0 Å². The number of oxime groups is 1. The van der Waals surface area contributed by atoms with Crippen molar-refractivity contribution in [2.75, 3.05) is 19.7 Å². The molecule has 0 amide bonds. The molecule has 0 aliphatic rings. The second-order valence-electron chi connectivity index (χ2n) is 3.69. The van der Waals surface area contributed by atoms with Crippen LogP contribution in [0.25, 0.3) is 0 Å². The zero-order valence-electron chi connectivity index (χ0n) is 9.45. The van der Waals surface area contributed by atoms with Crippen LogP contribution in [0.3, 0.4) is 0 Å². The topological polar surface area (TPSA) is 90.9 Å². The van der Waals surface area contributed by atoms with E-state index in [9.17, 15) is 0 Å². The highest BCUT2D eigenvalue weighted by Crippen LogP contribution is 2.05. The molecule has 0 aromatic carbocycles. The molecular formula is C10H23N3O2. The van der Waals surface area contributed by atoms with Gasteiger partial charge in [-0.15, -0.1) is 0 Å². The first-order chi connectivity index (χ1) is 7.24. The molecule has 0 aliphatic heterocycles. The van der Waals surface area contributed by atoms with E-state index in [1.807, 2.05) is 0 Å². The molecule has 0 saturated carbocycles. The lowest BCUT2D eigenvalue weighted by Gasteiger charge is -2.13. The second-order valence-corrected chi connectivity index (χ2v) is 3.69. The summed E-state index contributed by atoms with van der Waals surface area (Å²) in [5, 5.41) is 23.3. The summed E-state index contributed by atoms with van der Waals surface area (Å²) in [6.07, 6.45) is 3.41. The van der Waals surface area contributed by atoms with Crippen molar-refractivity contribution in [3.8, 4) is 0 Å². The lowest BCUT2D eigenvalue weighted by Crippen LogP contribution is -2.25. The van der Waals surface area contributed by atoms with Crippen molar-refractivity contribution in [1.82, 2.24) is 5.32 Å². The van der Waals surface area contributed by atoms with Gasteiger partial charge >= 0.3 is 0 Å². The van der Waals surface area contributed by atoms with E-state index in [1.165, 1.54) is 0 Å². The van der Waals surface area contributed by atoms with Gasteiger partial charge in [0.05, 0.1) is 0 Å². The Morgan fingerprint density at radius 2 is 2.27 bits per heavy atom. The smallest absolute Gasteiger partial charge is 0.139 e. The minimum absolute atomic E-state index is 0.254. The Balaban J connectivity index is 3.36. The Morgan fingerprint density at radius 3 is 2.80 bits per heavy atom. The number of aliphatic hydroxyl groups is 1. The summed E-state index contributed by atoms with van der Waals surface area (Å²) in [6.45, 7) is 4.16. The van der Waals surface area contributed by atoms with Crippen LogP contribution in [0, 0.1) is 5.92 Å². The first-order valence-electron chi connectivity index (χ1n) is 5.52. The van der Waals surface area contributed by atoms with Crippen LogP contribution in [-0.4, -0.2) is 35.8 Å². The molecule has 15 heavy (non-hydrogen) atoms. The first kappa shape index (κ1) is 14.2. The predicted octanol–water partition coefficient (Wildman–Crippen LogP) is 0.511. The maximum atomic E-state index is 8.79. The molecule has 1 unspecified atom stereocenters. The Hall–Kier alpha value is -0.810. The van der Waals surface area contributed by atoms with Gasteiger partial charge in [-0.2, -0.15) is 0 Å². The molecule has 0 aliphatic carbocycles. The van der Waals surface area contributed by atoms with Crippen LogP contribution < -0.4 is 11.1 Å². The van der Waals surface area contributed by atoms with Gasteiger partial charge in [0.1, 0.15) is 5.84 Å². The molecule has 0 saturated heterocycles. The molecule has 0 fully saturated rings. The highest BCUT2D eigenvalue weighted by Gasteiger charge is 2.04. The Kier molecular flexibility index (Phi) is 9.21. The summed E-state index contributed by atoms with van der Waals surface area (Å²) in [5.41, 5.74) is 5.33. The number of nitrogens with one attached hydrogen (secondary N) is 1. The van der Waals surface area contributed by atoms with Gasteiger partial charge in [-0.25, -0.2) is 0 Å². The van der Waals surface area contributed by atoms with Crippen molar-refractivity contribution < 1.29 is 10.3 Å². The minimum Gasteiger partial charge on any atom is -0.409 e.